The minimum absolute atomic E-state index is 0.0537. The van der Waals surface area contributed by atoms with Gasteiger partial charge in [0.2, 0.25) is 5.91 Å². The standard InChI is InChI=1S/C17H24N4OS/c1-3-4-8-11-18-16(22)13-23-17-20-19-14(2)21(17)12-15-9-6-5-7-10-15/h5-7,9-10H,3-4,8,11-13H2,1-2H3,(H,18,22). The SMILES string of the molecule is CCCCCNC(=O)CSc1nnc(C)n1Cc1ccccc1. The van der Waals surface area contributed by atoms with E-state index in [1.54, 1.807) is 0 Å². The van der Waals surface area contributed by atoms with Crippen molar-refractivity contribution in [2.75, 3.05) is 12.3 Å². The van der Waals surface area contributed by atoms with Gasteiger partial charge in [-0.05, 0) is 18.9 Å². The lowest BCUT2D eigenvalue weighted by Gasteiger charge is -2.08. The first-order valence-corrected chi connectivity index (χ1v) is 9.02. The van der Waals surface area contributed by atoms with Crippen LogP contribution in [0.15, 0.2) is 35.5 Å². The number of benzene rings is 1. The van der Waals surface area contributed by atoms with Crippen LogP contribution in [0.4, 0.5) is 0 Å². The van der Waals surface area contributed by atoms with Crippen molar-refractivity contribution in [2.24, 2.45) is 0 Å². The van der Waals surface area contributed by atoms with E-state index in [0.29, 0.717) is 5.75 Å². The molecule has 0 saturated carbocycles. The Hall–Kier alpha value is -1.82. The van der Waals surface area contributed by atoms with Crippen LogP contribution >= 0.6 is 11.8 Å². The first-order valence-electron chi connectivity index (χ1n) is 8.04. The molecular formula is C17H24N4OS. The zero-order valence-electron chi connectivity index (χ0n) is 13.8. The summed E-state index contributed by atoms with van der Waals surface area (Å²) in [5.74, 6) is 1.29. The van der Waals surface area contributed by atoms with Gasteiger partial charge < -0.3 is 9.88 Å². The lowest BCUT2D eigenvalue weighted by molar-refractivity contribution is -0.118. The van der Waals surface area contributed by atoms with Gasteiger partial charge in [-0.25, -0.2) is 0 Å². The largest absolute Gasteiger partial charge is 0.355 e. The van der Waals surface area contributed by atoms with Gasteiger partial charge in [-0.1, -0.05) is 61.9 Å². The lowest BCUT2D eigenvalue weighted by atomic mass is 10.2. The second kappa shape index (κ2) is 9.35. The Bertz CT molecular complexity index is 612. The van der Waals surface area contributed by atoms with Gasteiger partial charge in [0.1, 0.15) is 5.82 Å². The summed E-state index contributed by atoms with van der Waals surface area (Å²) in [4.78, 5) is 11.9. The predicted octanol–water partition coefficient (Wildman–Crippen LogP) is 3.03. The number of aryl methyl sites for hydroxylation is 1. The van der Waals surface area contributed by atoms with Gasteiger partial charge in [-0.2, -0.15) is 0 Å². The zero-order chi connectivity index (χ0) is 16.5. The third kappa shape index (κ3) is 5.71. The summed E-state index contributed by atoms with van der Waals surface area (Å²) in [5, 5.41) is 12.1. The van der Waals surface area contributed by atoms with Crippen LogP contribution in [0.25, 0.3) is 0 Å². The van der Waals surface area contributed by atoms with E-state index in [-0.39, 0.29) is 5.91 Å². The number of nitrogens with zero attached hydrogens (tertiary/aromatic N) is 3. The molecule has 5 nitrogen and oxygen atoms in total. The molecule has 2 aromatic rings. The van der Waals surface area contributed by atoms with Crippen molar-refractivity contribution >= 4 is 17.7 Å². The van der Waals surface area contributed by atoms with Crippen LogP contribution in [0, 0.1) is 6.92 Å². The summed E-state index contributed by atoms with van der Waals surface area (Å²) in [5.41, 5.74) is 1.20. The number of hydrogen-bond donors (Lipinski definition) is 1. The number of thioether (sulfide) groups is 1. The van der Waals surface area contributed by atoms with Gasteiger partial charge in [-0.15, -0.1) is 10.2 Å². The highest BCUT2D eigenvalue weighted by molar-refractivity contribution is 7.99. The molecule has 0 radical (unpaired) electrons. The van der Waals surface area contributed by atoms with Gasteiger partial charge in [0.15, 0.2) is 5.16 Å². The molecule has 0 aliphatic heterocycles. The van der Waals surface area contributed by atoms with E-state index < -0.39 is 0 Å². The molecule has 1 heterocycles. The third-order valence-corrected chi connectivity index (χ3v) is 4.49. The molecule has 0 spiro atoms. The Kier molecular flexibility index (Phi) is 7.13. The molecule has 0 fully saturated rings. The lowest BCUT2D eigenvalue weighted by Crippen LogP contribution is -2.26. The highest BCUT2D eigenvalue weighted by atomic mass is 32.2. The van der Waals surface area contributed by atoms with E-state index in [4.69, 9.17) is 0 Å². The van der Waals surface area contributed by atoms with Gasteiger partial charge in [0.05, 0.1) is 12.3 Å². The summed E-state index contributed by atoms with van der Waals surface area (Å²) >= 11 is 1.44. The van der Waals surface area contributed by atoms with Crippen molar-refractivity contribution in [2.45, 2.75) is 44.8 Å². The van der Waals surface area contributed by atoms with Gasteiger partial charge >= 0.3 is 0 Å². The predicted molar refractivity (Wildman–Crippen MR) is 93.6 cm³/mol. The maximum absolute atomic E-state index is 11.9. The highest BCUT2D eigenvalue weighted by Crippen LogP contribution is 2.18. The second-order valence-corrected chi connectivity index (χ2v) is 6.39. The summed E-state index contributed by atoms with van der Waals surface area (Å²) < 4.78 is 2.05. The molecule has 1 N–H and O–H groups in total. The molecule has 1 amide bonds. The second-order valence-electron chi connectivity index (χ2n) is 5.45. The first kappa shape index (κ1) is 17.5. The average molecular weight is 332 g/mol. The topological polar surface area (TPSA) is 59.8 Å². The Morgan fingerprint density at radius 3 is 2.74 bits per heavy atom. The number of rotatable bonds is 9. The Balaban J connectivity index is 1.87. The number of carbonyl (C=O) groups excluding carboxylic acids is 1. The Morgan fingerprint density at radius 2 is 2.00 bits per heavy atom. The number of hydrogen-bond acceptors (Lipinski definition) is 4. The smallest absolute Gasteiger partial charge is 0.230 e. The first-order chi connectivity index (χ1) is 11.2. The normalized spacial score (nSPS) is 10.7. The number of carbonyl (C=O) groups is 1. The number of amides is 1. The zero-order valence-corrected chi connectivity index (χ0v) is 14.6. The fraction of sp³-hybridized carbons (Fsp3) is 0.471. The molecule has 0 saturated heterocycles. The van der Waals surface area contributed by atoms with Crippen LogP contribution in [0.2, 0.25) is 0 Å². The van der Waals surface area contributed by atoms with Crippen molar-refractivity contribution in [3.63, 3.8) is 0 Å². The van der Waals surface area contributed by atoms with Crippen LogP contribution in [-0.2, 0) is 11.3 Å². The number of aromatic nitrogens is 3. The quantitative estimate of drug-likeness (QED) is 0.566. The van der Waals surface area contributed by atoms with E-state index in [0.717, 1.165) is 43.3 Å². The summed E-state index contributed by atoms with van der Waals surface area (Å²) in [6, 6.07) is 10.2. The molecular weight excluding hydrogens is 308 g/mol. The van der Waals surface area contributed by atoms with Crippen LogP contribution in [0.1, 0.15) is 37.6 Å². The fourth-order valence-electron chi connectivity index (χ4n) is 2.20. The molecule has 0 aliphatic rings. The van der Waals surface area contributed by atoms with E-state index in [2.05, 4.69) is 34.6 Å². The fourth-order valence-corrected chi connectivity index (χ4v) is 3.01. The van der Waals surface area contributed by atoms with E-state index >= 15 is 0 Å². The average Bonchev–Trinajstić information content (AvgIpc) is 2.91. The van der Waals surface area contributed by atoms with E-state index in [1.807, 2.05) is 29.7 Å². The summed E-state index contributed by atoms with van der Waals surface area (Å²) in [6.07, 6.45) is 3.35. The Morgan fingerprint density at radius 1 is 1.22 bits per heavy atom. The van der Waals surface area contributed by atoms with Crippen molar-refractivity contribution in [1.29, 1.82) is 0 Å². The van der Waals surface area contributed by atoms with Crippen molar-refractivity contribution < 1.29 is 4.79 Å². The molecule has 124 valence electrons. The van der Waals surface area contributed by atoms with E-state index in [9.17, 15) is 4.79 Å². The highest BCUT2D eigenvalue weighted by Gasteiger charge is 2.12. The van der Waals surface area contributed by atoms with Crippen LogP contribution in [0.3, 0.4) is 0 Å². The summed E-state index contributed by atoms with van der Waals surface area (Å²) in [6.45, 7) is 5.56. The maximum Gasteiger partial charge on any atom is 0.230 e. The molecule has 6 heteroatoms. The van der Waals surface area contributed by atoms with Crippen LogP contribution in [0.5, 0.6) is 0 Å². The van der Waals surface area contributed by atoms with E-state index in [1.165, 1.54) is 17.3 Å². The van der Waals surface area contributed by atoms with Gasteiger partial charge in [-0.3, -0.25) is 4.79 Å². The molecule has 23 heavy (non-hydrogen) atoms. The molecule has 0 unspecified atom stereocenters. The molecule has 1 aromatic carbocycles. The van der Waals surface area contributed by atoms with Crippen molar-refractivity contribution in [3.05, 3.63) is 41.7 Å². The number of nitrogens with one attached hydrogen (secondary N) is 1. The van der Waals surface area contributed by atoms with Crippen LogP contribution in [-0.4, -0.2) is 33.0 Å². The van der Waals surface area contributed by atoms with Gasteiger partial charge in [0.25, 0.3) is 0 Å². The number of unbranched alkanes of at least 4 members (excludes halogenated alkanes) is 2. The molecule has 1 aromatic heterocycles. The monoisotopic (exact) mass is 332 g/mol. The maximum atomic E-state index is 11.9. The van der Waals surface area contributed by atoms with Crippen LogP contribution < -0.4 is 5.32 Å². The molecule has 0 atom stereocenters. The molecule has 2 rings (SSSR count). The molecule has 0 aliphatic carbocycles. The third-order valence-electron chi connectivity index (χ3n) is 3.52. The Labute approximate surface area is 141 Å². The summed E-state index contributed by atoms with van der Waals surface area (Å²) in [7, 11) is 0. The van der Waals surface area contributed by atoms with Gasteiger partial charge in [0, 0.05) is 6.54 Å². The minimum atomic E-state index is 0.0537. The van der Waals surface area contributed by atoms with Crippen molar-refractivity contribution in [1.82, 2.24) is 20.1 Å². The van der Waals surface area contributed by atoms with Crippen molar-refractivity contribution in [3.8, 4) is 0 Å². The minimum Gasteiger partial charge on any atom is -0.355 e. The molecule has 0 bridgehead atoms.